The van der Waals surface area contributed by atoms with E-state index < -0.39 is 83.5 Å². The lowest BCUT2D eigenvalue weighted by Crippen LogP contribution is -2.64. The molecule has 0 aromatic rings. The van der Waals surface area contributed by atoms with E-state index >= 15 is 0 Å². The van der Waals surface area contributed by atoms with E-state index in [1.807, 2.05) is 31.2 Å². The number of esters is 2. The highest BCUT2D eigenvalue weighted by Gasteiger charge is 2.54. The molecule has 70 heavy (non-hydrogen) atoms. The summed E-state index contributed by atoms with van der Waals surface area (Å²) in [5.74, 6) is -1.33. The Bertz CT molecular complexity index is 1730. The van der Waals surface area contributed by atoms with Gasteiger partial charge in [0, 0.05) is 12.8 Å². The van der Waals surface area contributed by atoms with Crippen LogP contribution in [-0.2, 0) is 41.8 Å². The number of ether oxygens (including phenoxy) is 2. The van der Waals surface area contributed by atoms with Gasteiger partial charge in [0.05, 0.1) is 12.7 Å². The lowest BCUT2D eigenvalue weighted by molar-refractivity contribution is -0.216. The van der Waals surface area contributed by atoms with Crippen LogP contribution in [0.2, 0.25) is 0 Å². The molecule has 17 nitrogen and oxygen atoms in total. The SMILES string of the molecule is CCCCC/C=C\C/C=C\C/C=C\C/C=C\CCCCCC(=O)OC[C@H](COP(=O)(O)O[C@H]1C(O)C(O)C(O)[C@@H](OP(=O)(O)O)C1O)OC(=O)CCC/C=C\C/C=C\C/C=C\C/C=C\CC[C@H](O)CC. The third-order valence-electron chi connectivity index (χ3n) is 10.8. The van der Waals surface area contributed by atoms with Gasteiger partial charge in [0.25, 0.3) is 0 Å². The molecule has 0 radical (unpaired) electrons. The average molecular weight is 1030 g/mol. The van der Waals surface area contributed by atoms with E-state index in [1.165, 1.54) is 19.3 Å². The fourth-order valence-corrected chi connectivity index (χ4v) is 8.28. The first-order valence-electron chi connectivity index (χ1n) is 24.9. The van der Waals surface area contributed by atoms with Gasteiger partial charge in [-0.05, 0) is 103 Å². The molecule has 0 heterocycles. The standard InChI is InChI=1S/C51H84O17P2/c1-3-5-6-7-8-9-10-11-12-13-14-15-16-20-23-26-29-32-35-38-44(53)64-40-43(41-65-70(62,63)68-51-48(57)46(55)47(56)50(49(51)58)67-69(59,60)61)66-45(54)39-36-33-30-27-24-21-18-17-19-22-25-28-31-34-37-42(52)4-2/h8-9,11-12,14-15,18-23,27-28,30-31,42-43,46-52,55-58H,3-7,10,13,16-17,24-26,29,32-41H2,1-2H3,(H,62,63)(H2,59,60,61)/b9-8-,12-11-,15-14-,21-18-,22-19-,23-20-,30-27-,31-28-/t42-,43-,46?,47?,48?,49?,50-,51+/m1/s1. The first-order valence-corrected chi connectivity index (χ1v) is 27.9. The molecule has 8 N–H and O–H groups in total. The highest BCUT2D eigenvalue weighted by Crippen LogP contribution is 2.49. The summed E-state index contributed by atoms with van der Waals surface area (Å²) >= 11 is 0. The largest absolute Gasteiger partial charge is 0.472 e. The fraction of sp³-hybridized carbons (Fsp3) is 0.647. The Morgan fingerprint density at radius 3 is 1.44 bits per heavy atom. The summed E-state index contributed by atoms with van der Waals surface area (Å²) in [7, 11) is -10.7. The van der Waals surface area contributed by atoms with E-state index in [4.69, 9.17) is 18.5 Å². The van der Waals surface area contributed by atoms with E-state index in [0.717, 1.165) is 77.0 Å². The van der Waals surface area contributed by atoms with Crippen LogP contribution in [0.3, 0.4) is 0 Å². The van der Waals surface area contributed by atoms with Gasteiger partial charge in [-0.1, -0.05) is 130 Å². The Labute approximate surface area is 416 Å². The monoisotopic (exact) mass is 1030 g/mol. The van der Waals surface area contributed by atoms with Crippen LogP contribution >= 0.6 is 15.6 Å². The average Bonchev–Trinajstić information content (AvgIpc) is 3.32. The van der Waals surface area contributed by atoms with Gasteiger partial charge in [0.15, 0.2) is 6.10 Å². The zero-order chi connectivity index (χ0) is 51.9. The minimum absolute atomic E-state index is 0.0581. The maximum absolute atomic E-state index is 13.0. The van der Waals surface area contributed by atoms with E-state index in [-0.39, 0.29) is 18.9 Å². The summed E-state index contributed by atoms with van der Waals surface area (Å²) in [4.78, 5) is 54.3. The van der Waals surface area contributed by atoms with Crippen molar-refractivity contribution in [1.82, 2.24) is 0 Å². The number of phosphoric acid groups is 2. The van der Waals surface area contributed by atoms with Crippen molar-refractivity contribution in [2.24, 2.45) is 0 Å². The number of rotatable bonds is 40. The van der Waals surface area contributed by atoms with Gasteiger partial charge in [-0.3, -0.25) is 23.2 Å². The van der Waals surface area contributed by atoms with Crippen LogP contribution in [0.25, 0.3) is 0 Å². The van der Waals surface area contributed by atoms with Crippen LogP contribution in [0, 0.1) is 0 Å². The summed E-state index contributed by atoms with van der Waals surface area (Å²) in [5.41, 5.74) is 0. The molecule has 0 amide bonds. The molecule has 0 aliphatic heterocycles. The van der Waals surface area contributed by atoms with Crippen molar-refractivity contribution in [3.8, 4) is 0 Å². The maximum atomic E-state index is 13.0. The topological polar surface area (TPSA) is 276 Å². The molecule has 1 aliphatic carbocycles. The van der Waals surface area contributed by atoms with Crippen LogP contribution < -0.4 is 0 Å². The molecule has 1 fully saturated rings. The highest BCUT2D eigenvalue weighted by molar-refractivity contribution is 7.47. The lowest BCUT2D eigenvalue weighted by Gasteiger charge is -2.43. The lowest BCUT2D eigenvalue weighted by atomic mass is 9.85. The van der Waals surface area contributed by atoms with Gasteiger partial charge in [-0.2, -0.15) is 0 Å². The molecule has 400 valence electrons. The fourth-order valence-electron chi connectivity index (χ4n) is 6.75. The number of carbonyl (C=O) groups is 2. The van der Waals surface area contributed by atoms with E-state index in [9.17, 15) is 58.9 Å². The molecular formula is C51H84O17P2. The van der Waals surface area contributed by atoms with E-state index in [1.54, 1.807) is 0 Å². The second kappa shape index (κ2) is 40.4. The Balaban J connectivity index is 2.64. The molecule has 0 bridgehead atoms. The van der Waals surface area contributed by atoms with Crippen LogP contribution in [0.4, 0.5) is 0 Å². The van der Waals surface area contributed by atoms with Crippen LogP contribution in [0.1, 0.15) is 149 Å². The normalized spacial score (nSPS) is 22.3. The number of phosphoric ester groups is 2. The van der Waals surface area contributed by atoms with Crippen LogP contribution in [0.15, 0.2) is 97.2 Å². The number of allylic oxidation sites excluding steroid dienone is 16. The van der Waals surface area contributed by atoms with Gasteiger partial charge in [-0.15, -0.1) is 0 Å². The zero-order valence-corrected chi connectivity index (χ0v) is 43.1. The predicted molar refractivity (Wildman–Crippen MR) is 270 cm³/mol. The second-order valence-corrected chi connectivity index (χ2v) is 19.6. The van der Waals surface area contributed by atoms with Crippen molar-refractivity contribution in [1.29, 1.82) is 0 Å². The number of carbonyl (C=O) groups excluding carboxylic acids is 2. The molecule has 1 aliphatic rings. The quantitative estimate of drug-likeness (QED) is 0.0123. The minimum Gasteiger partial charge on any atom is -0.462 e. The number of hydrogen-bond donors (Lipinski definition) is 8. The molecular weight excluding hydrogens is 946 g/mol. The molecule has 5 unspecified atom stereocenters. The molecule has 1 saturated carbocycles. The number of hydrogen-bond acceptors (Lipinski definition) is 14. The van der Waals surface area contributed by atoms with Crippen LogP contribution in [-0.4, -0.2) is 114 Å². The van der Waals surface area contributed by atoms with Crippen molar-refractivity contribution in [3.05, 3.63) is 97.2 Å². The number of unbranched alkanes of at least 4 members (excludes halogenated alkanes) is 7. The van der Waals surface area contributed by atoms with Crippen molar-refractivity contribution in [2.45, 2.75) is 198 Å². The molecule has 0 saturated heterocycles. The van der Waals surface area contributed by atoms with E-state index in [2.05, 4.69) is 84.4 Å². The molecule has 0 aromatic carbocycles. The van der Waals surface area contributed by atoms with E-state index in [0.29, 0.717) is 25.7 Å². The maximum Gasteiger partial charge on any atom is 0.472 e. The van der Waals surface area contributed by atoms with Gasteiger partial charge in [-0.25, -0.2) is 9.13 Å². The minimum atomic E-state index is -5.38. The Hall–Kier alpha value is -3.12. The molecule has 19 heteroatoms. The zero-order valence-electron chi connectivity index (χ0n) is 41.3. The Kier molecular flexibility index (Phi) is 37.4. The van der Waals surface area contributed by atoms with Crippen molar-refractivity contribution in [2.75, 3.05) is 13.2 Å². The number of aliphatic hydroxyl groups excluding tert-OH is 5. The second-order valence-electron chi connectivity index (χ2n) is 17.0. The van der Waals surface area contributed by atoms with Crippen molar-refractivity contribution >= 4 is 27.6 Å². The van der Waals surface area contributed by atoms with Crippen LogP contribution in [0.5, 0.6) is 0 Å². The van der Waals surface area contributed by atoms with Gasteiger partial charge < -0.3 is 49.7 Å². The molecule has 0 aromatic heterocycles. The summed E-state index contributed by atoms with van der Waals surface area (Å²) < 4.78 is 49.3. The summed E-state index contributed by atoms with van der Waals surface area (Å²) in [6.45, 7) is 2.72. The first-order chi connectivity index (χ1) is 33.5. The Morgan fingerprint density at radius 1 is 0.514 bits per heavy atom. The third kappa shape index (κ3) is 34.3. The third-order valence-corrected chi connectivity index (χ3v) is 12.3. The van der Waals surface area contributed by atoms with Gasteiger partial charge in [0.1, 0.15) is 43.2 Å². The molecule has 9 atom stereocenters. The van der Waals surface area contributed by atoms with Gasteiger partial charge >= 0.3 is 27.6 Å². The highest BCUT2D eigenvalue weighted by atomic mass is 31.2. The smallest absolute Gasteiger partial charge is 0.462 e. The summed E-state index contributed by atoms with van der Waals surface area (Å²) in [6, 6.07) is 0. The van der Waals surface area contributed by atoms with Gasteiger partial charge in [0.2, 0.25) is 0 Å². The molecule has 0 spiro atoms. The summed E-state index contributed by atoms with van der Waals surface area (Å²) in [6.07, 6.45) is 34.4. The summed E-state index contributed by atoms with van der Waals surface area (Å²) in [5, 5.41) is 50.9. The number of aliphatic hydroxyl groups is 5. The van der Waals surface area contributed by atoms with Crippen molar-refractivity contribution in [3.63, 3.8) is 0 Å². The van der Waals surface area contributed by atoms with Crippen molar-refractivity contribution < 1.29 is 82.0 Å². The predicted octanol–water partition coefficient (Wildman–Crippen LogP) is 8.92. The molecule has 1 rings (SSSR count). The first kappa shape index (κ1) is 64.9. The Morgan fingerprint density at radius 2 is 0.957 bits per heavy atom.